The summed E-state index contributed by atoms with van der Waals surface area (Å²) in [5, 5.41) is 0. The summed E-state index contributed by atoms with van der Waals surface area (Å²) >= 11 is 3.45. The molecule has 0 radical (unpaired) electrons. The van der Waals surface area contributed by atoms with Gasteiger partial charge < -0.3 is 10.5 Å². The molecule has 1 unspecified atom stereocenters. The number of hydrogen-bond donors (Lipinski definition) is 1. The van der Waals surface area contributed by atoms with E-state index in [4.69, 9.17) is 10.5 Å². The SMILES string of the molecule is Nc1cccc(OCC2Cc3ccccc32)c1Br. The van der Waals surface area contributed by atoms with Gasteiger partial charge in [0.25, 0.3) is 0 Å². The predicted octanol–water partition coefficient (Wildman–Crippen LogP) is 3.75. The van der Waals surface area contributed by atoms with E-state index in [0.29, 0.717) is 18.2 Å². The molecule has 0 saturated heterocycles. The normalized spacial score (nSPS) is 16.8. The quantitative estimate of drug-likeness (QED) is 0.877. The number of benzene rings is 2. The summed E-state index contributed by atoms with van der Waals surface area (Å²) < 4.78 is 6.70. The first-order chi connectivity index (χ1) is 8.75. The number of ether oxygens (including phenoxy) is 1. The Balaban J connectivity index is 1.69. The summed E-state index contributed by atoms with van der Waals surface area (Å²) in [7, 11) is 0. The molecule has 0 spiro atoms. The van der Waals surface area contributed by atoms with Crippen molar-refractivity contribution in [3.8, 4) is 5.75 Å². The Hall–Kier alpha value is -1.48. The average Bonchev–Trinajstić information content (AvgIpc) is 2.35. The van der Waals surface area contributed by atoms with Gasteiger partial charge in [0.2, 0.25) is 0 Å². The first-order valence-electron chi connectivity index (χ1n) is 6.00. The molecule has 0 fully saturated rings. The molecule has 3 rings (SSSR count). The zero-order chi connectivity index (χ0) is 12.5. The van der Waals surface area contributed by atoms with Crippen LogP contribution in [0.4, 0.5) is 5.69 Å². The monoisotopic (exact) mass is 303 g/mol. The van der Waals surface area contributed by atoms with Gasteiger partial charge in [0.1, 0.15) is 5.75 Å². The molecular weight excluding hydrogens is 290 g/mol. The first-order valence-corrected chi connectivity index (χ1v) is 6.79. The Morgan fingerprint density at radius 2 is 2.00 bits per heavy atom. The van der Waals surface area contributed by atoms with Crippen LogP contribution in [0, 0.1) is 0 Å². The summed E-state index contributed by atoms with van der Waals surface area (Å²) in [6.07, 6.45) is 1.11. The van der Waals surface area contributed by atoms with E-state index in [0.717, 1.165) is 16.6 Å². The second kappa shape index (κ2) is 4.65. The summed E-state index contributed by atoms with van der Waals surface area (Å²) in [5.74, 6) is 1.33. The highest BCUT2D eigenvalue weighted by molar-refractivity contribution is 9.10. The van der Waals surface area contributed by atoms with Crippen molar-refractivity contribution >= 4 is 21.6 Å². The maximum Gasteiger partial charge on any atom is 0.135 e. The fraction of sp³-hybridized carbons (Fsp3) is 0.200. The van der Waals surface area contributed by atoms with E-state index in [1.807, 2.05) is 18.2 Å². The summed E-state index contributed by atoms with van der Waals surface area (Å²) in [5.41, 5.74) is 9.39. The van der Waals surface area contributed by atoms with Gasteiger partial charge in [0.15, 0.2) is 0 Å². The molecule has 1 atom stereocenters. The van der Waals surface area contributed by atoms with E-state index in [1.54, 1.807) is 0 Å². The number of anilines is 1. The molecular formula is C15H14BrNO. The van der Waals surface area contributed by atoms with Crippen LogP contribution in [-0.4, -0.2) is 6.61 Å². The maximum absolute atomic E-state index is 5.85. The fourth-order valence-electron chi connectivity index (χ4n) is 2.34. The van der Waals surface area contributed by atoms with Crippen LogP contribution in [-0.2, 0) is 6.42 Å². The van der Waals surface area contributed by atoms with Crippen molar-refractivity contribution in [3.05, 3.63) is 58.1 Å². The van der Waals surface area contributed by atoms with Gasteiger partial charge in [-0.25, -0.2) is 0 Å². The van der Waals surface area contributed by atoms with Crippen molar-refractivity contribution in [1.82, 2.24) is 0 Å². The molecule has 2 aromatic rings. The standard InChI is InChI=1S/C15H14BrNO/c16-15-13(17)6-3-7-14(15)18-9-11-8-10-4-1-2-5-12(10)11/h1-7,11H,8-9,17H2. The summed E-state index contributed by atoms with van der Waals surface area (Å²) in [6, 6.07) is 14.2. The largest absolute Gasteiger partial charge is 0.492 e. The van der Waals surface area contributed by atoms with Crippen molar-refractivity contribution in [2.45, 2.75) is 12.3 Å². The van der Waals surface area contributed by atoms with E-state index in [1.165, 1.54) is 11.1 Å². The Labute approximate surface area is 115 Å². The minimum absolute atomic E-state index is 0.509. The number of hydrogen-bond acceptors (Lipinski definition) is 2. The molecule has 0 aliphatic heterocycles. The minimum Gasteiger partial charge on any atom is -0.492 e. The van der Waals surface area contributed by atoms with Crippen molar-refractivity contribution in [2.24, 2.45) is 0 Å². The van der Waals surface area contributed by atoms with Gasteiger partial charge in [-0.1, -0.05) is 30.3 Å². The second-order valence-electron chi connectivity index (χ2n) is 4.57. The van der Waals surface area contributed by atoms with Gasteiger partial charge in [-0.15, -0.1) is 0 Å². The van der Waals surface area contributed by atoms with Crippen molar-refractivity contribution in [1.29, 1.82) is 0 Å². The highest BCUT2D eigenvalue weighted by atomic mass is 79.9. The number of fused-ring (bicyclic) bond motifs is 1. The highest BCUT2D eigenvalue weighted by Gasteiger charge is 2.26. The van der Waals surface area contributed by atoms with Gasteiger partial charge in [-0.05, 0) is 45.6 Å². The molecule has 18 heavy (non-hydrogen) atoms. The molecule has 0 heterocycles. The summed E-state index contributed by atoms with van der Waals surface area (Å²) in [6.45, 7) is 0.707. The van der Waals surface area contributed by atoms with Crippen molar-refractivity contribution < 1.29 is 4.74 Å². The molecule has 92 valence electrons. The molecule has 1 aliphatic carbocycles. The lowest BCUT2D eigenvalue weighted by molar-refractivity contribution is 0.274. The molecule has 0 bridgehead atoms. The minimum atomic E-state index is 0.509. The number of halogens is 1. The van der Waals surface area contributed by atoms with E-state index in [2.05, 4.69) is 40.2 Å². The van der Waals surface area contributed by atoms with Crippen LogP contribution in [0.2, 0.25) is 0 Å². The molecule has 2 N–H and O–H groups in total. The molecule has 0 aromatic heterocycles. The van der Waals surface area contributed by atoms with Crippen LogP contribution < -0.4 is 10.5 Å². The first kappa shape index (κ1) is 11.6. The van der Waals surface area contributed by atoms with Crippen LogP contribution >= 0.6 is 15.9 Å². The molecule has 3 heteroatoms. The van der Waals surface area contributed by atoms with Crippen molar-refractivity contribution in [2.75, 3.05) is 12.3 Å². The second-order valence-corrected chi connectivity index (χ2v) is 5.36. The van der Waals surface area contributed by atoms with E-state index >= 15 is 0 Å². The number of rotatable bonds is 3. The van der Waals surface area contributed by atoms with E-state index in [9.17, 15) is 0 Å². The fourth-order valence-corrected chi connectivity index (χ4v) is 2.72. The number of nitrogens with two attached hydrogens (primary N) is 1. The third-order valence-corrected chi connectivity index (χ3v) is 4.24. The van der Waals surface area contributed by atoms with E-state index < -0.39 is 0 Å². The lowest BCUT2D eigenvalue weighted by atomic mass is 9.78. The third kappa shape index (κ3) is 1.99. The molecule has 1 aliphatic rings. The third-order valence-electron chi connectivity index (χ3n) is 3.39. The molecule has 0 saturated carbocycles. The van der Waals surface area contributed by atoms with Crippen LogP contribution in [0.25, 0.3) is 0 Å². The zero-order valence-corrected chi connectivity index (χ0v) is 11.5. The predicted molar refractivity (Wildman–Crippen MR) is 76.9 cm³/mol. The maximum atomic E-state index is 5.85. The smallest absolute Gasteiger partial charge is 0.135 e. The number of nitrogen functional groups attached to an aromatic ring is 1. The molecule has 2 nitrogen and oxygen atoms in total. The lowest BCUT2D eigenvalue weighted by Crippen LogP contribution is -2.23. The zero-order valence-electron chi connectivity index (χ0n) is 9.90. The van der Waals surface area contributed by atoms with Crippen LogP contribution in [0.1, 0.15) is 17.0 Å². The van der Waals surface area contributed by atoms with Gasteiger partial charge in [0, 0.05) is 11.6 Å². The lowest BCUT2D eigenvalue weighted by Gasteiger charge is -2.30. The van der Waals surface area contributed by atoms with Gasteiger partial charge in [-0.2, -0.15) is 0 Å². The Kier molecular flexibility index (Phi) is 3.00. The van der Waals surface area contributed by atoms with Gasteiger partial charge >= 0.3 is 0 Å². The Morgan fingerprint density at radius 1 is 1.17 bits per heavy atom. The van der Waals surface area contributed by atoms with Gasteiger partial charge in [0.05, 0.1) is 11.1 Å². The molecule has 2 aromatic carbocycles. The highest BCUT2D eigenvalue weighted by Crippen LogP contribution is 2.36. The Bertz CT molecular complexity index is 582. The Morgan fingerprint density at radius 3 is 2.83 bits per heavy atom. The average molecular weight is 304 g/mol. The van der Waals surface area contributed by atoms with E-state index in [-0.39, 0.29) is 0 Å². The molecule has 0 amide bonds. The van der Waals surface area contributed by atoms with Crippen LogP contribution in [0.3, 0.4) is 0 Å². The van der Waals surface area contributed by atoms with Gasteiger partial charge in [-0.3, -0.25) is 0 Å². The van der Waals surface area contributed by atoms with Crippen molar-refractivity contribution in [3.63, 3.8) is 0 Å². The van der Waals surface area contributed by atoms with Crippen LogP contribution in [0.15, 0.2) is 46.9 Å². The summed E-state index contributed by atoms with van der Waals surface area (Å²) in [4.78, 5) is 0. The van der Waals surface area contributed by atoms with Crippen LogP contribution in [0.5, 0.6) is 5.75 Å². The topological polar surface area (TPSA) is 35.2 Å².